The second kappa shape index (κ2) is 3.44. The van der Waals surface area contributed by atoms with Crippen LogP contribution in [-0.4, -0.2) is 26.3 Å². The van der Waals surface area contributed by atoms with Crippen molar-refractivity contribution in [3.05, 3.63) is 0 Å². The van der Waals surface area contributed by atoms with Crippen LogP contribution in [0.3, 0.4) is 0 Å². The van der Waals surface area contributed by atoms with E-state index in [1.165, 1.54) is 0 Å². The van der Waals surface area contributed by atoms with E-state index in [0.29, 0.717) is 6.61 Å². The summed E-state index contributed by atoms with van der Waals surface area (Å²) < 4.78 is 4.80. The molecular weight excluding hydrogens is 116 g/mol. The quantitative estimate of drug-likeness (QED) is 0.600. The maximum atomic E-state index is 8.52. The number of likely N-dealkylation sites (N-methyl/N-ethyl adjacent to an activating group) is 1. The predicted molar refractivity (Wildman–Crippen MR) is 37.1 cm³/mol. The van der Waals surface area contributed by atoms with Gasteiger partial charge in [-0.25, -0.2) is 0 Å². The zero-order chi connectivity index (χ0) is 7.33. The van der Waals surface area contributed by atoms with Gasteiger partial charge < -0.3 is 10.1 Å². The predicted octanol–water partition coefficient (Wildman–Crippen LogP) is 0.380. The SMILES string of the molecule is CNC(C)(C#N)COC.[HH]. The minimum absolute atomic E-state index is 0. The summed E-state index contributed by atoms with van der Waals surface area (Å²) in [4.78, 5) is 0. The van der Waals surface area contributed by atoms with E-state index in [4.69, 9.17) is 10.00 Å². The summed E-state index contributed by atoms with van der Waals surface area (Å²) in [5.74, 6) is 0. The van der Waals surface area contributed by atoms with Crippen LogP contribution in [0.2, 0.25) is 0 Å². The molecule has 0 bridgehead atoms. The Morgan fingerprint density at radius 1 is 1.89 bits per heavy atom. The summed E-state index contributed by atoms with van der Waals surface area (Å²) in [6.45, 7) is 2.20. The summed E-state index contributed by atoms with van der Waals surface area (Å²) >= 11 is 0. The van der Waals surface area contributed by atoms with E-state index in [1.54, 1.807) is 21.1 Å². The Kier molecular flexibility index (Phi) is 3.21. The van der Waals surface area contributed by atoms with Gasteiger partial charge in [0.1, 0.15) is 5.54 Å². The number of hydrogen-bond acceptors (Lipinski definition) is 3. The van der Waals surface area contributed by atoms with Gasteiger partial charge in [-0.2, -0.15) is 5.26 Å². The molecule has 0 aromatic heterocycles. The third-order valence-corrected chi connectivity index (χ3v) is 1.23. The molecular formula is C6H14N2O. The minimum atomic E-state index is -0.533. The molecule has 0 heterocycles. The molecule has 0 radical (unpaired) electrons. The Bertz CT molecular complexity index is 123. The van der Waals surface area contributed by atoms with Gasteiger partial charge in [0.25, 0.3) is 0 Å². The van der Waals surface area contributed by atoms with Crippen LogP contribution in [0.5, 0.6) is 0 Å². The number of nitrogens with one attached hydrogen (secondary N) is 1. The van der Waals surface area contributed by atoms with Crippen molar-refractivity contribution in [3.63, 3.8) is 0 Å². The molecule has 0 saturated heterocycles. The van der Waals surface area contributed by atoms with Crippen molar-refractivity contribution in [1.29, 1.82) is 5.26 Å². The molecule has 0 amide bonds. The van der Waals surface area contributed by atoms with Crippen LogP contribution in [0.1, 0.15) is 8.35 Å². The van der Waals surface area contributed by atoms with E-state index in [9.17, 15) is 0 Å². The second-order valence-electron chi connectivity index (χ2n) is 2.13. The van der Waals surface area contributed by atoms with Crippen molar-refractivity contribution in [2.45, 2.75) is 12.5 Å². The van der Waals surface area contributed by atoms with Gasteiger partial charge in [0.15, 0.2) is 0 Å². The highest BCUT2D eigenvalue weighted by Gasteiger charge is 2.19. The Morgan fingerprint density at radius 3 is 2.56 bits per heavy atom. The summed E-state index contributed by atoms with van der Waals surface area (Å²) in [5, 5.41) is 11.4. The first-order valence-corrected chi connectivity index (χ1v) is 2.77. The molecule has 1 atom stereocenters. The third kappa shape index (κ3) is 2.45. The average Bonchev–Trinajstić information content (AvgIpc) is 1.89. The van der Waals surface area contributed by atoms with Gasteiger partial charge >= 0.3 is 0 Å². The molecule has 1 unspecified atom stereocenters. The summed E-state index contributed by atoms with van der Waals surface area (Å²) in [6, 6.07) is 2.09. The minimum Gasteiger partial charge on any atom is -0.382 e. The van der Waals surface area contributed by atoms with Crippen LogP contribution in [0.25, 0.3) is 0 Å². The van der Waals surface area contributed by atoms with Crippen LogP contribution < -0.4 is 5.32 Å². The lowest BCUT2D eigenvalue weighted by Gasteiger charge is -2.18. The monoisotopic (exact) mass is 130 g/mol. The molecule has 0 spiro atoms. The highest BCUT2D eigenvalue weighted by atomic mass is 16.5. The van der Waals surface area contributed by atoms with E-state index < -0.39 is 5.54 Å². The summed E-state index contributed by atoms with van der Waals surface area (Å²) in [5.41, 5.74) is -0.533. The number of nitriles is 1. The number of ether oxygens (including phenoxy) is 1. The van der Waals surface area contributed by atoms with E-state index in [2.05, 4.69) is 11.4 Å². The molecule has 0 rings (SSSR count). The maximum Gasteiger partial charge on any atom is 0.127 e. The smallest absolute Gasteiger partial charge is 0.127 e. The molecule has 0 fully saturated rings. The van der Waals surface area contributed by atoms with Gasteiger partial charge in [0.05, 0.1) is 12.7 Å². The lowest BCUT2D eigenvalue weighted by molar-refractivity contribution is 0.150. The van der Waals surface area contributed by atoms with Crippen LogP contribution >= 0.6 is 0 Å². The molecule has 1 N–H and O–H groups in total. The fourth-order valence-electron chi connectivity index (χ4n) is 0.449. The summed E-state index contributed by atoms with van der Waals surface area (Å²) in [6.07, 6.45) is 0. The third-order valence-electron chi connectivity index (χ3n) is 1.23. The van der Waals surface area contributed by atoms with Crippen molar-refractivity contribution in [3.8, 4) is 6.07 Å². The van der Waals surface area contributed by atoms with Crippen molar-refractivity contribution >= 4 is 0 Å². The molecule has 0 aromatic rings. The van der Waals surface area contributed by atoms with E-state index in [-0.39, 0.29) is 1.43 Å². The van der Waals surface area contributed by atoms with Crippen molar-refractivity contribution in [2.75, 3.05) is 20.8 Å². The van der Waals surface area contributed by atoms with Crippen LogP contribution in [0, 0.1) is 11.3 Å². The van der Waals surface area contributed by atoms with E-state index in [1.807, 2.05) is 0 Å². The largest absolute Gasteiger partial charge is 0.382 e. The molecule has 54 valence electrons. The van der Waals surface area contributed by atoms with Crippen molar-refractivity contribution in [2.24, 2.45) is 0 Å². The first kappa shape index (κ1) is 8.41. The number of rotatable bonds is 3. The summed E-state index contributed by atoms with van der Waals surface area (Å²) in [7, 11) is 3.31. The van der Waals surface area contributed by atoms with Crippen LogP contribution in [-0.2, 0) is 4.74 Å². The van der Waals surface area contributed by atoms with Gasteiger partial charge in [0.2, 0.25) is 0 Å². The van der Waals surface area contributed by atoms with Gasteiger partial charge in [-0.3, -0.25) is 0 Å². The first-order chi connectivity index (χ1) is 4.18. The van der Waals surface area contributed by atoms with E-state index >= 15 is 0 Å². The average molecular weight is 130 g/mol. The molecule has 3 heteroatoms. The van der Waals surface area contributed by atoms with Gasteiger partial charge in [0, 0.05) is 8.54 Å². The molecule has 9 heavy (non-hydrogen) atoms. The Hall–Kier alpha value is -0.590. The lowest BCUT2D eigenvalue weighted by atomic mass is 10.1. The Balaban J connectivity index is 0. The number of methoxy groups -OCH3 is 1. The fourth-order valence-corrected chi connectivity index (χ4v) is 0.449. The standard InChI is InChI=1S/C6H12N2O.H2/c1-6(4-7,8-2)5-9-3;/h8H,5H2,1-3H3;1H. The first-order valence-electron chi connectivity index (χ1n) is 2.77. The van der Waals surface area contributed by atoms with Crippen molar-refractivity contribution in [1.82, 2.24) is 5.32 Å². The topological polar surface area (TPSA) is 45.0 Å². The second-order valence-corrected chi connectivity index (χ2v) is 2.13. The zero-order valence-electron chi connectivity index (χ0n) is 6.06. The van der Waals surface area contributed by atoms with Crippen LogP contribution in [0.4, 0.5) is 0 Å². The van der Waals surface area contributed by atoms with Gasteiger partial charge in [-0.1, -0.05) is 0 Å². The molecule has 3 nitrogen and oxygen atoms in total. The lowest BCUT2D eigenvalue weighted by Crippen LogP contribution is -2.42. The molecule has 0 saturated carbocycles. The van der Waals surface area contributed by atoms with Gasteiger partial charge in [-0.15, -0.1) is 0 Å². The Labute approximate surface area is 57.1 Å². The highest BCUT2D eigenvalue weighted by Crippen LogP contribution is 1.99. The van der Waals surface area contributed by atoms with Gasteiger partial charge in [-0.05, 0) is 14.0 Å². The maximum absolute atomic E-state index is 8.52. The van der Waals surface area contributed by atoms with Crippen molar-refractivity contribution < 1.29 is 6.16 Å². The Morgan fingerprint density at radius 2 is 2.44 bits per heavy atom. The highest BCUT2D eigenvalue weighted by molar-refractivity contribution is 5.02. The molecule has 0 aliphatic heterocycles. The normalized spacial score (nSPS) is 16.2. The number of nitrogens with zero attached hydrogens (tertiary/aromatic N) is 1. The molecule has 0 aromatic carbocycles. The fraction of sp³-hybridized carbons (Fsp3) is 0.833. The zero-order valence-corrected chi connectivity index (χ0v) is 6.06. The molecule has 0 aliphatic carbocycles. The van der Waals surface area contributed by atoms with E-state index in [0.717, 1.165) is 0 Å². The number of hydrogen-bond donors (Lipinski definition) is 1. The van der Waals surface area contributed by atoms with Crippen LogP contribution in [0.15, 0.2) is 0 Å². The molecule has 0 aliphatic rings.